The first-order valence-corrected chi connectivity index (χ1v) is 6.96. The van der Waals surface area contributed by atoms with Crippen LogP contribution in [0.1, 0.15) is 29.7 Å². The fourth-order valence-corrected chi connectivity index (χ4v) is 2.51. The standard InChI is InChI=1S/C16H14BrNO2/c1-10-3-4-12(9-18)7-16(10)20-13-5-6-14(11(2)19)15(17)8-13/h3-8,11,19H,1-2H3/t11-/m0/s1. The number of aliphatic hydroxyl groups is 1. The fourth-order valence-electron chi connectivity index (χ4n) is 1.82. The Kier molecular flexibility index (Phi) is 4.43. The van der Waals surface area contributed by atoms with Crippen LogP contribution in [0, 0.1) is 18.3 Å². The van der Waals surface area contributed by atoms with Crippen LogP contribution in [-0.2, 0) is 0 Å². The number of aliphatic hydroxyl groups excluding tert-OH is 1. The van der Waals surface area contributed by atoms with Crippen molar-refractivity contribution < 1.29 is 9.84 Å². The second kappa shape index (κ2) is 6.08. The molecule has 0 radical (unpaired) electrons. The summed E-state index contributed by atoms with van der Waals surface area (Å²) in [7, 11) is 0. The lowest BCUT2D eigenvalue weighted by Crippen LogP contribution is -1.94. The molecule has 0 spiro atoms. The highest BCUT2D eigenvalue weighted by Crippen LogP contribution is 2.31. The van der Waals surface area contributed by atoms with Gasteiger partial charge < -0.3 is 9.84 Å². The predicted octanol–water partition coefficient (Wildman–Crippen LogP) is 4.47. The Morgan fingerprint density at radius 1 is 1.25 bits per heavy atom. The van der Waals surface area contributed by atoms with Gasteiger partial charge in [-0.2, -0.15) is 5.26 Å². The van der Waals surface area contributed by atoms with E-state index in [-0.39, 0.29) is 0 Å². The molecule has 2 aromatic rings. The minimum Gasteiger partial charge on any atom is -0.457 e. The van der Waals surface area contributed by atoms with Crippen molar-refractivity contribution in [1.29, 1.82) is 5.26 Å². The minimum absolute atomic E-state index is 0.540. The maximum Gasteiger partial charge on any atom is 0.131 e. The van der Waals surface area contributed by atoms with E-state index in [0.717, 1.165) is 15.6 Å². The van der Waals surface area contributed by atoms with Crippen LogP contribution in [-0.4, -0.2) is 5.11 Å². The van der Waals surface area contributed by atoms with Crippen molar-refractivity contribution in [2.24, 2.45) is 0 Å². The maximum absolute atomic E-state index is 9.59. The first-order chi connectivity index (χ1) is 9.51. The van der Waals surface area contributed by atoms with Gasteiger partial charge in [0.05, 0.1) is 17.7 Å². The van der Waals surface area contributed by atoms with E-state index in [1.54, 1.807) is 31.2 Å². The largest absolute Gasteiger partial charge is 0.457 e. The van der Waals surface area contributed by atoms with Crippen molar-refractivity contribution in [3.63, 3.8) is 0 Å². The first kappa shape index (κ1) is 14.6. The zero-order valence-electron chi connectivity index (χ0n) is 11.2. The van der Waals surface area contributed by atoms with Crippen LogP contribution < -0.4 is 4.74 Å². The van der Waals surface area contributed by atoms with Crippen LogP contribution in [0.15, 0.2) is 40.9 Å². The van der Waals surface area contributed by atoms with Gasteiger partial charge >= 0.3 is 0 Å². The quantitative estimate of drug-likeness (QED) is 0.902. The lowest BCUT2D eigenvalue weighted by molar-refractivity contribution is 0.198. The smallest absolute Gasteiger partial charge is 0.131 e. The number of halogens is 1. The topological polar surface area (TPSA) is 53.2 Å². The summed E-state index contributed by atoms with van der Waals surface area (Å²) < 4.78 is 6.60. The molecule has 0 amide bonds. The number of hydrogen-bond acceptors (Lipinski definition) is 3. The van der Waals surface area contributed by atoms with Crippen molar-refractivity contribution in [3.05, 3.63) is 57.6 Å². The number of hydrogen-bond donors (Lipinski definition) is 1. The molecule has 0 aromatic heterocycles. The molecule has 1 N–H and O–H groups in total. The number of ether oxygens (including phenoxy) is 1. The Bertz CT molecular complexity index is 675. The normalized spacial score (nSPS) is 11.8. The summed E-state index contributed by atoms with van der Waals surface area (Å²) in [5, 5.41) is 18.5. The molecule has 0 saturated heterocycles. The van der Waals surface area contributed by atoms with E-state index >= 15 is 0 Å². The fraction of sp³-hybridized carbons (Fsp3) is 0.188. The molecule has 0 unspecified atom stereocenters. The molecule has 4 heteroatoms. The molecule has 2 aromatic carbocycles. The Balaban J connectivity index is 2.31. The van der Waals surface area contributed by atoms with Crippen molar-refractivity contribution in [2.45, 2.75) is 20.0 Å². The number of benzene rings is 2. The summed E-state index contributed by atoms with van der Waals surface area (Å²) in [4.78, 5) is 0. The van der Waals surface area contributed by atoms with Gasteiger partial charge in [-0.3, -0.25) is 0 Å². The van der Waals surface area contributed by atoms with Crippen molar-refractivity contribution in [1.82, 2.24) is 0 Å². The average molecular weight is 332 g/mol. The van der Waals surface area contributed by atoms with Gasteiger partial charge in [0.15, 0.2) is 0 Å². The Hall–Kier alpha value is -1.83. The van der Waals surface area contributed by atoms with Crippen molar-refractivity contribution in [3.8, 4) is 17.6 Å². The molecule has 20 heavy (non-hydrogen) atoms. The van der Waals surface area contributed by atoms with Crippen LogP contribution in [0.25, 0.3) is 0 Å². The van der Waals surface area contributed by atoms with E-state index < -0.39 is 6.10 Å². The highest BCUT2D eigenvalue weighted by atomic mass is 79.9. The van der Waals surface area contributed by atoms with E-state index in [1.165, 1.54) is 0 Å². The van der Waals surface area contributed by atoms with Crippen LogP contribution in [0.2, 0.25) is 0 Å². The maximum atomic E-state index is 9.59. The molecule has 0 aliphatic rings. The summed E-state index contributed by atoms with van der Waals surface area (Å²) in [6, 6.07) is 12.8. The number of rotatable bonds is 3. The Labute approximate surface area is 126 Å². The minimum atomic E-state index is -0.540. The summed E-state index contributed by atoms with van der Waals surface area (Å²) in [5.41, 5.74) is 2.32. The van der Waals surface area contributed by atoms with Gasteiger partial charge in [0.1, 0.15) is 11.5 Å². The van der Waals surface area contributed by atoms with Crippen LogP contribution in [0.3, 0.4) is 0 Å². The third-order valence-corrected chi connectivity index (χ3v) is 3.65. The number of nitriles is 1. The monoisotopic (exact) mass is 331 g/mol. The van der Waals surface area contributed by atoms with Gasteiger partial charge in [-0.05, 0) is 49.2 Å². The van der Waals surface area contributed by atoms with Crippen molar-refractivity contribution >= 4 is 15.9 Å². The van der Waals surface area contributed by atoms with Gasteiger partial charge in [0.25, 0.3) is 0 Å². The molecule has 2 rings (SSSR count). The molecule has 3 nitrogen and oxygen atoms in total. The SMILES string of the molecule is Cc1ccc(C#N)cc1Oc1ccc([C@H](C)O)c(Br)c1. The van der Waals surface area contributed by atoms with Crippen LogP contribution in [0.4, 0.5) is 0 Å². The molecule has 0 bridgehead atoms. The molecule has 0 saturated carbocycles. The summed E-state index contributed by atoms with van der Waals surface area (Å²) >= 11 is 3.42. The summed E-state index contributed by atoms with van der Waals surface area (Å²) in [6.45, 7) is 3.64. The van der Waals surface area contributed by atoms with Gasteiger partial charge in [0.2, 0.25) is 0 Å². The Morgan fingerprint density at radius 2 is 2.00 bits per heavy atom. The van der Waals surface area contributed by atoms with Crippen LogP contribution in [0.5, 0.6) is 11.5 Å². The van der Waals surface area contributed by atoms with E-state index in [4.69, 9.17) is 10.00 Å². The predicted molar refractivity (Wildman–Crippen MR) is 80.7 cm³/mol. The molecule has 0 aliphatic heterocycles. The second-order valence-electron chi connectivity index (χ2n) is 4.55. The molecular formula is C16H14BrNO2. The molecule has 0 aliphatic carbocycles. The average Bonchev–Trinajstić information content (AvgIpc) is 2.41. The zero-order valence-corrected chi connectivity index (χ0v) is 12.8. The molecular weight excluding hydrogens is 318 g/mol. The lowest BCUT2D eigenvalue weighted by atomic mass is 10.1. The molecule has 1 atom stereocenters. The summed E-state index contributed by atoms with van der Waals surface area (Å²) in [6.07, 6.45) is -0.540. The first-order valence-electron chi connectivity index (χ1n) is 6.17. The number of nitrogens with zero attached hydrogens (tertiary/aromatic N) is 1. The van der Waals surface area contributed by atoms with Gasteiger partial charge in [0, 0.05) is 4.47 Å². The third kappa shape index (κ3) is 3.19. The van der Waals surface area contributed by atoms with Gasteiger partial charge in [-0.25, -0.2) is 0 Å². The third-order valence-electron chi connectivity index (χ3n) is 2.97. The second-order valence-corrected chi connectivity index (χ2v) is 5.41. The zero-order chi connectivity index (χ0) is 14.7. The van der Waals surface area contributed by atoms with Crippen LogP contribution >= 0.6 is 15.9 Å². The van der Waals surface area contributed by atoms with Gasteiger partial charge in [-0.15, -0.1) is 0 Å². The number of aryl methyl sites for hydroxylation is 1. The summed E-state index contributed by atoms with van der Waals surface area (Å²) in [5.74, 6) is 1.31. The van der Waals surface area contributed by atoms with E-state index in [2.05, 4.69) is 22.0 Å². The lowest BCUT2D eigenvalue weighted by Gasteiger charge is -2.12. The van der Waals surface area contributed by atoms with E-state index in [0.29, 0.717) is 17.1 Å². The van der Waals surface area contributed by atoms with E-state index in [1.807, 2.05) is 19.1 Å². The molecule has 102 valence electrons. The Morgan fingerprint density at radius 3 is 2.60 bits per heavy atom. The van der Waals surface area contributed by atoms with E-state index in [9.17, 15) is 5.11 Å². The highest BCUT2D eigenvalue weighted by molar-refractivity contribution is 9.10. The van der Waals surface area contributed by atoms with Gasteiger partial charge in [-0.1, -0.05) is 28.1 Å². The van der Waals surface area contributed by atoms with Crippen molar-refractivity contribution in [2.75, 3.05) is 0 Å². The molecule has 0 fully saturated rings. The molecule has 0 heterocycles. The highest BCUT2D eigenvalue weighted by Gasteiger charge is 2.09.